The normalized spacial score (nSPS) is 12.5. The number of carbonyl (C=O) groups excluding carboxylic acids is 1. The van der Waals surface area contributed by atoms with Crippen molar-refractivity contribution in [1.82, 2.24) is 25.5 Å². The van der Waals surface area contributed by atoms with Crippen LogP contribution in [0, 0.1) is 0 Å². The Kier molecular flexibility index (Phi) is 4.37. The van der Waals surface area contributed by atoms with Gasteiger partial charge in [0, 0.05) is 15.8 Å². The number of benzene rings is 1. The highest BCUT2D eigenvalue weighted by atomic mass is 32.2. The Hall–Kier alpha value is -2.45. The number of aromatic amines is 1. The number of H-pyrrole nitrogens is 1. The minimum Gasteiger partial charge on any atom is -0.350 e. The second kappa shape index (κ2) is 6.81. The van der Waals surface area contributed by atoms with Crippen LogP contribution < -0.4 is 5.32 Å². The Bertz CT molecular complexity index is 1030. The molecule has 1 atom stereocenters. The lowest BCUT2D eigenvalue weighted by atomic mass is 10.2. The monoisotopic (exact) mass is 369 g/mol. The summed E-state index contributed by atoms with van der Waals surface area (Å²) in [4.78, 5) is 21.1. The van der Waals surface area contributed by atoms with Crippen molar-refractivity contribution in [2.75, 3.05) is 0 Å². The third-order valence-corrected chi connectivity index (χ3v) is 5.60. The molecule has 0 fully saturated rings. The molecule has 0 aliphatic rings. The topological polar surface area (TPSA) is 83.6 Å². The van der Waals surface area contributed by atoms with E-state index in [1.165, 1.54) is 11.8 Å². The molecule has 0 bridgehead atoms. The summed E-state index contributed by atoms with van der Waals surface area (Å²) >= 11 is 2.92. The molecule has 2 N–H and O–H groups in total. The first-order valence-electron chi connectivity index (χ1n) is 7.78. The number of hydrogen-bond donors (Lipinski definition) is 2. The molecule has 126 valence electrons. The Morgan fingerprint density at radius 2 is 2.16 bits per heavy atom. The second-order valence-electron chi connectivity index (χ2n) is 5.52. The van der Waals surface area contributed by atoms with Gasteiger partial charge in [0.15, 0.2) is 5.65 Å². The van der Waals surface area contributed by atoms with Crippen molar-refractivity contribution in [2.24, 2.45) is 0 Å². The lowest BCUT2D eigenvalue weighted by molar-refractivity contribution is -0.120. The Morgan fingerprint density at radius 1 is 1.28 bits per heavy atom. The lowest BCUT2D eigenvalue weighted by Gasteiger charge is -2.10. The number of thioether (sulfide) groups is 1. The van der Waals surface area contributed by atoms with E-state index in [1.807, 2.05) is 48.7 Å². The third kappa shape index (κ3) is 3.35. The SMILES string of the molecule is CC(Sc1nnc2c(n1)[nH]c1ccccc12)C(=O)NCc1cccs1. The van der Waals surface area contributed by atoms with Gasteiger partial charge in [-0.25, -0.2) is 4.98 Å². The molecule has 0 spiro atoms. The predicted molar refractivity (Wildman–Crippen MR) is 101 cm³/mol. The third-order valence-electron chi connectivity index (χ3n) is 3.77. The van der Waals surface area contributed by atoms with E-state index >= 15 is 0 Å². The van der Waals surface area contributed by atoms with Gasteiger partial charge in [-0.1, -0.05) is 36.0 Å². The Balaban J connectivity index is 1.47. The highest BCUT2D eigenvalue weighted by Gasteiger charge is 2.17. The standard InChI is InChI=1S/C17H15N5OS2/c1-10(16(23)18-9-11-5-4-8-24-11)25-17-20-15-14(21-22-17)12-6-2-3-7-13(12)19-15/h2-8,10H,9H2,1H3,(H,18,23)(H,19,20,22). The summed E-state index contributed by atoms with van der Waals surface area (Å²) in [6.07, 6.45) is 0. The summed E-state index contributed by atoms with van der Waals surface area (Å²) in [6, 6.07) is 11.9. The minimum absolute atomic E-state index is 0.0428. The zero-order chi connectivity index (χ0) is 17.2. The van der Waals surface area contributed by atoms with Crippen molar-refractivity contribution >= 4 is 51.1 Å². The van der Waals surface area contributed by atoms with E-state index in [4.69, 9.17) is 0 Å². The number of hydrogen-bond acceptors (Lipinski definition) is 6. The Morgan fingerprint density at radius 3 is 3.00 bits per heavy atom. The maximum atomic E-state index is 12.2. The summed E-state index contributed by atoms with van der Waals surface area (Å²) in [5.74, 6) is -0.0428. The van der Waals surface area contributed by atoms with E-state index in [1.54, 1.807) is 11.3 Å². The summed E-state index contributed by atoms with van der Waals surface area (Å²) in [7, 11) is 0. The summed E-state index contributed by atoms with van der Waals surface area (Å²) in [6.45, 7) is 2.38. The van der Waals surface area contributed by atoms with Gasteiger partial charge >= 0.3 is 0 Å². The maximum absolute atomic E-state index is 12.2. The molecule has 4 rings (SSSR count). The summed E-state index contributed by atoms with van der Waals surface area (Å²) < 4.78 is 0. The summed E-state index contributed by atoms with van der Waals surface area (Å²) in [5, 5.41) is 14.5. The van der Waals surface area contributed by atoms with Crippen LogP contribution in [0.25, 0.3) is 22.1 Å². The minimum atomic E-state index is -0.302. The summed E-state index contributed by atoms with van der Waals surface area (Å²) in [5.41, 5.74) is 2.41. The van der Waals surface area contributed by atoms with Crippen LogP contribution in [0.4, 0.5) is 0 Å². The average Bonchev–Trinajstić information content (AvgIpc) is 3.26. The highest BCUT2D eigenvalue weighted by Crippen LogP contribution is 2.25. The molecule has 25 heavy (non-hydrogen) atoms. The van der Waals surface area contributed by atoms with Crippen LogP contribution in [0.15, 0.2) is 46.9 Å². The molecule has 1 unspecified atom stereocenters. The number of carbonyl (C=O) groups is 1. The maximum Gasteiger partial charge on any atom is 0.233 e. The van der Waals surface area contributed by atoms with Gasteiger partial charge in [0.25, 0.3) is 0 Å². The number of fused-ring (bicyclic) bond motifs is 3. The number of nitrogens with zero attached hydrogens (tertiary/aromatic N) is 3. The van der Waals surface area contributed by atoms with Gasteiger partial charge in [0.2, 0.25) is 11.1 Å². The van der Waals surface area contributed by atoms with E-state index in [0.29, 0.717) is 17.3 Å². The Labute approximate surface area is 152 Å². The zero-order valence-electron chi connectivity index (χ0n) is 13.4. The van der Waals surface area contributed by atoms with Gasteiger partial charge < -0.3 is 10.3 Å². The molecular formula is C17H15N5OS2. The molecule has 0 saturated heterocycles. The number of rotatable bonds is 5. The van der Waals surface area contributed by atoms with Crippen LogP contribution in [0.5, 0.6) is 0 Å². The first-order valence-corrected chi connectivity index (χ1v) is 9.54. The number of nitrogens with one attached hydrogen (secondary N) is 2. The molecule has 8 heteroatoms. The fourth-order valence-electron chi connectivity index (χ4n) is 2.50. The van der Waals surface area contributed by atoms with Crippen LogP contribution >= 0.6 is 23.1 Å². The van der Waals surface area contributed by atoms with Gasteiger partial charge in [0.05, 0.1) is 11.8 Å². The predicted octanol–water partition coefficient (Wildman–Crippen LogP) is 3.36. The quantitative estimate of drug-likeness (QED) is 0.527. The van der Waals surface area contributed by atoms with E-state index in [0.717, 1.165) is 21.3 Å². The van der Waals surface area contributed by atoms with E-state index < -0.39 is 0 Å². The number of amides is 1. The molecule has 6 nitrogen and oxygen atoms in total. The van der Waals surface area contributed by atoms with E-state index in [9.17, 15) is 4.79 Å². The zero-order valence-corrected chi connectivity index (χ0v) is 15.0. The van der Waals surface area contributed by atoms with Crippen molar-refractivity contribution < 1.29 is 4.79 Å². The van der Waals surface area contributed by atoms with Gasteiger partial charge in [-0.15, -0.1) is 21.5 Å². The molecule has 3 heterocycles. The van der Waals surface area contributed by atoms with Crippen molar-refractivity contribution in [3.63, 3.8) is 0 Å². The van der Waals surface area contributed by atoms with Crippen LogP contribution in [-0.4, -0.2) is 31.3 Å². The van der Waals surface area contributed by atoms with E-state index in [-0.39, 0.29) is 11.2 Å². The number of para-hydroxylation sites is 1. The van der Waals surface area contributed by atoms with Gasteiger partial charge in [-0.2, -0.15) is 0 Å². The first kappa shape index (κ1) is 16.0. The van der Waals surface area contributed by atoms with Crippen LogP contribution in [-0.2, 0) is 11.3 Å². The van der Waals surface area contributed by atoms with E-state index in [2.05, 4.69) is 25.5 Å². The fourth-order valence-corrected chi connectivity index (χ4v) is 3.88. The van der Waals surface area contributed by atoms with Gasteiger partial charge in [-0.3, -0.25) is 4.79 Å². The highest BCUT2D eigenvalue weighted by molar-refractivity contribution is 8.00. The van der Waals surface area contributed by atoms with Crippen LogP contribution in [0.2, 0.25) is 0 Å². The lowest BCUT2D eigenvalue weighted by Crippen LogP contribution is -2.30. The smallest absolute Gasteiger partial charge is 0.233 e. The van der Waals surface area contributed by atoms with Crippen molar-refractivity contribution in [3.8, 4) is 0 Å². The van der Waals surface area contributed by atoms with Gasteiger partial charge in [-0.05, 0) is 24.4 Å². The largest absolute Gasteiger partial charge is 0.350 e. The molecule has 3 aromatic heterocycles. The van der Waals surface area contributed by atoms with Crippen LogP contribution in [0.3, 0.4) is 0 Å². The molecule has 0 aliphatic heterocycles. The molecule has 0 saturated carbocycles. The second-order valence-corrected chi connectivity index (χ2v) is 7.86. The first-order chi connectivity index (χ1) is 12.2. The van der Waals surface area contributed by atoms with Gasteiger partial charge in [0.1, 0.15) is 5.52 Å². The fraction of sp³-hybridized carbons (Fsp3) is 0.176. The average molecular weight is 369 g/mol. The van der Waals surface area contributed by atoms with Crippen molar-refractivity contribution in [3.05, 3.63) is 46.7 Å². The molecule has 4 aromatic rings. The van der Waals surface area contributed by atoms with Crippen molar-refractivity contribution in [1.29, 1.82) is 0 Å². The molecular weight excluding hydrogens is 354 g/mol. The molecule has 1 aromatic carbocycles. The number of aromatic nitrogens is 4. The van der Waals surface area contributed by atoms with Crippen molar-refractivity contribution in [2.45, 2.75) is 23.9 Å². The number of thiophene rings is 1. The van der Waals surface area contributed by atoms with Crippen LogP contribution in [0.1, 0.15) is 11.8 Å². The molecule has 1 amide bonds. The molecule has 0 radical (unpaired) electrons. The molecule has 0 aliphatic carbocycles.